The maximum Gasteiger partial charge on any atom is 0.0926 e. The predicted octanol–water partition coefficient (Wildman–Crippen LogP) is 2.89. The fourth-order valence-corrected chi connectivity index (χ4v) is 6.23. The molecule has 2 saturated heterocycles. The Kier molecular flexibility index (Phi) is 3.12. The molecule has 0 aliphatic carbocycles. The first-order valence-electron chi connectivity index (χ1n) is 7.63. The van der Waals surface area contributed by atoms with Gasteiger partial charge >= 0.3 is 0 Å². The Labute approximate surface area is 126 Å². The van der Waals surface area contributed by atoms with Crippen LogP contribution >= 0.6 is 0 Å². The normalized spacial score (nSPS) is 35.8. The summed E-state index contributed by atoms with van der Waals surface area (Å²) in [5.41, 5.74) is 1.02. The van der Waals surface area contributed by atoms with Gasteiger partial charge in [0, 0.05) is 32.9 Å². The van der Waals surface area contributed by atoms with Crippen molar-refractivity contribution in [3.05, 3.63) is 42.1 Å². The Morgan fingerprint density at radius 2 is 1.90 bits per heavy atom. The zero-order valence-electron chi connectivity index (χ0n) is 11.9. The van der Waals surface area contributed by atoms with Crippen LogP contribution in [0.4, 0.5) is 0 Å². The molecular formula is C17H19NO2S. The van der Waals surface area contributed by atoms with Crippen molar-refractivity contribution in [2.75, 3.05) is 0 Å². The molecule has 110 valence electrons. The fraction of sp³-hybridized carbons (Fsp3) is 0.471. The molecule has 1 aromatic carbocycles. The van der Waals surface area contributed by atoms with Gasteiger partial charge in [0.2, 0.25) is 0 Å². The van der Waals surface area contributed by atoms with E-state index < -0.39 is 16.4 Å². The highest BCUT2D eigenvalue weighted by Crippen LogP contribution is 2.45. The Morgan fingerprint density at radius 1 is 1.14 bits per heavy atom. The molecular weight excluding hydrogens is 282 g/mol. The van der Waals surface area contributed by atoms with Gasteiger partial charge in [0.15, 0.2) is 0 Å². The highest BCUT2D eigenvalue weighted by atomic mass is 32.2. The average Bonchev–Trinajstić information content (AvgIpc) is 2.48. The zero-order valence-corrected chi connectivity index (χ0v) is 12.7. The third kappa shape index (κ3) is 2.12. The summed E-state index contributed by atoms with van der Waals surface area (Å²) in [5.74, 6) is 0. The summed E-state index contributed by atoms with van der Waals surface area (Å²) in [6.45, 7) is 0. The second kappa shape index (κ2) is 4.89. The molecule has 2 fully saturated rings. The van der Waals surface area contributed by atoms with E-state index >= 15 is 0 Å². The molecule has 2 atom stereocenters. The number of benzene rings is 1. The lowest BCUT2D eigenvalue weighted by atomic mass is 9.79. The van der Waals surface area contributed by atoms with Crippen molar-refractivity contribution in [2.45, 2.75) is 48.2 Å². The van der Waals surface area contributed by atoms with E-state index in [0.717, 1.165) is 35.7 Å². The van der Waals surface area contributed by atoms with E-state index in [1.807, 2.05) is 30.3 Å². The van der Waals surface area contributed by atoms with E-state index in [9.17, 15) is 9.32 Å². The minimum absolute atomic E-state index is 0.148. The van der Waals surface area contributed by atoms with Crippen molar-refractivity contribution in [3.8, 4) is 0 Å². The molecule has 3 nitrogen and oxygen atoms in total. The second-order valence-electron chi connectivity index (χ2n) is 6.32. The van der Waals surface area contributed by atoms with Gasteiger partial charge in [-0.15, -0.1) is 0 Å². The molecule has 0 amide bonds. The Bertz CT molecular complexity index is 694. The van der Waals surface area contributed by atoms with Crippen molar-refractivity contribution >= 4 is 21.7 Å². The average molecular weight is 301 g/mol. The molecule has 0 spiro atoms. The van der Waals surface area contributed by atoms with Gasteiger partial charge in [0.25, 0.3) is 0 Å². The Balaban J connectivity index is 1.82. The van der Waals surface area contributed by atoms with Gasteiger partial charge in [0.1, 0.15) is 0 Å². The van der Waals surface area contributed by atoms with Crippen LogP contribution in [0.2, 0.25) is 0 Å². The van der Waals surface area contributed by atoms with Gasteiger partial charge in [-0.05, 0) is 43.4 Å². The summed E-state index contributed by atoms with van der Waals surface area (Å²) in [6, 6.07) is 9.88. The van der Waals surface area contributed by atoms with Gasteiger partial charge in [-0.3, -0.25) is 9.19 Å². The SMILES string of the molecule is O=S1C2CCCC1CC(O)(c1cccc3ncccc13)C2. The number of aliphatic hydroxyl groups is 1. The summed E-state index contributed by atoms with van der Waals surface area (Å²) in [4.78, 5) is 4.38. The lowest BCUT2D eigenvalue weighted by molar-refractivity contribution is 0.00793. The Morgan fingerprint density at radius 3 is 2.67 bits per heavy atom. The molecule has 2 aliphatic heterocycles. The van der Waals surface area contributed by atoms with E-state index in [4.69, 9.17) is 0 Å². The highest BCUT2D eigenvalue weighted by Gasteiger charge is 2.46. The molecule has 21 heavy (non-hydrogen) atoms. The molecule has 1 aromatic heterocycles. The van der Waals surface area contributed by atoms with Crippen LogP contribution in [0.1, 0.15) is 37.7 Å². The topological polar surface area (TPSA) is 50.2 Å². The minimum atomic E-state index is -0.855. The van der Waals surface area contributed by atoms with Gasteiger partial charge in [-0.1, -0.05) is 24.6 Å². The molecule has 2 unspecified atom stereocenters. The zero-order chi connectivity index (χ0) is 14.4. The number of nitrogens with zero attached hydrogens (tertiary/aromatic N) is 1. The summed E-state index contributed by atoms with van der Waals surface area (Å²) < 4.78 is 12.4. The predicted molar refractivity (Wildman–Crippen MR) is 84.4 cm³/mol. The van der Waals surface area contributed by atoms with E-state index in [1.54, 1.807) is 6.20 Å². The second-order valence-corrected chi connectivity index (χ2v) is 8.31. The summed E-state index contributed by atoms with van der Waals surface area (Å²) >= 11 is 0. The Hall–Kier alpha value is -1.26. The number of fused-ring (bicyclic) bond motifs is 3. The van der Waals surface area contributed by atoms with Crippen LogP contribution in [0, 0.1) is 0 Å². The quantitative estimate of drug-likeness (QED) is 0.881. The molecule has 3 heterocycles. The highest BCUT2D eigenvalue weighted by molar-refractivity contribution is 7.86. The molecule has 4 rings (SSSR count). The maximum atomic E-state index is 12.4. The first kappa shape index (κ1) is 13.4. The van der Waals surface area contributed by atoms with Crippen molar-refractivity contribution in [2.24, 2.45) is 0 Å². The third-order valence-electron chi connectivity index (χ3n) is 4.99. The van der Waals surface area contributed by atoms with Crippen molar-refractivity contribution in [3.63, 3.8) is 0 Å². The van der Waals surface area contributed by atoms with Crippen molar-refractivity contribution in [1.29, 1.82) is 0 Å². The third-order valence-corrected chi connectivity index (χ3v) is 7.11. The number of rotatable bonds is 1. The largest absolute Gasteiger partial charge is 0.385 e. The lowest BCUT2D eigenvalue weighted by Crippen LogP contribution is -2.47. The van der Waals surface area contributed by atoms with Crippen LogP contribution in [-0.2, 0) is 16.4 Å². The fourth-order valence-electron chi connectivity index (χ4n) is 4.01. The van der Waals surface area contributed by atoms with Crippen molar-refractivity contribution < 1.29 is 9.32 Å². The van der Waals surface area contributed by atoms with Crippen molar-refractivity contribution in [1.82, 2.24) is 4.98 Å². The van der Waals surface area contributed by atoms with Crippen LogP contribution < -0.4 is 0 Å². The van der Waals surface area contributed by atoms with E-state index in [0.29, 0.717) is 12.8 Å². The first-order chi connectivity index (χ1) is 10.2. The summed E-state index contributed by atoms with van der Waals surface area (Å²) in [6.07, 6.45) is 6.12. The molecule has 2 bridgehead atoms. The molecule has 0 radical (unpaired) electrons. The van der Waals surface area contributed by atoms with E-state index in [1.165, 1.54) is 0 Å². The maximum absolute atomic E-state index is 12.4. The van der Waals surface area contributed by atoms with Crippen LogP contribution in [0.15, 0.2) is 36.5 Å². The van der Waals surface area contributed by atoms with Gasteiger partial charge in [0.05, 0.1) is 11.1 Å². The van der Waals surface area contributed by atoms with E-state index in [-0.39, 0.29) is 10.5 Å². The van der Waals surface area contributed by atoms with E-state index in [2.05, 4.69) is 4.98 Å². The minimum Gasteiger partial charge on any atom is -0.385 e. The molecule has 2 aromatic rings. The monoisotopic (exact) mass is 301 g/mol. The van der Waals surface area contributed by atoms with Crippen LogP contribution in [-0.4, -0.2) is 24.8 Å². The number of aromatic nitrogens is 1. The summed E-state index contributed by atoms with van der Waals surface area (Å²) in [5, 5.41) is 12.6. The standard InChI is InChI=1S/C17H19NO2S/c19-17(10-12-4-1-5-13(11-17)21(12)20)15-7-2-8-16-14(15)6-3-9-18-16/h2-3,6-9,12-13,19H,1,4-5,10-11H2. The molecule has 4 heteroatoms. The van der Waals surface area contributed by atoms with Crippen LogP contribution in [0.3, 0.4) is 0 Å². The van der Waals surface area contributed by atoms with Crippen LogP contribution in [0.25, 0.3) is 10.9 Å². The number of hydrogen-bond donors (Lipinski definition) is 1. The van der Waals surface area contributed by atoms with Gasteiger partial charge in [-0.2, -0.15) is 0 Å². The van der Waals surface area contributed by atoms with Gasteiger partial charge in [-0.25, -0.2) is 0 Å². The number of pyridine rings is 1. The molecule has 2 aliphatic rings. The summed E-state index contributed by atoms with van der Waals surface area (Å²) in [7, 11) is -0.766. The van der Waals surface area contributed by atoms with Crippen LogP contribution in [0.5, 0.6) is 0 Å². The smallest absolute Gasteiger partial charge is 0.0926 e. The molecule has 1 N–H and O–H groups in total. The molecule has 0 saturated carbocycles. The first-order valence-corrected chi connectivity index (χ1v) is 8.91. The number of hydrogen-bond acceptors (Lipinski definition) is 3. The van der Waals surface area contributed by atoms with Gasteiger partial charge < -0.3 is 5.11 Å². The lowest BCUT2D eigenvalue weighted by Gasteiger charge is -2.44.